The molecular formula is C12H16ClF4N. The molecule has 0 radical (unpaired) electrons. The summed E-state index contributed by atoms with van der Waals surface area (Å²) < 4.78 is 50.9. The van der Waals surface area contributed by atoms with Crippen molar-refractivity contribution in [2.45, 2.75) is 38.4 Å². The van der Waals surface area contributed by atoms with Gasteiger partial charge in [0.05, 0.1) is 5.56 Å². The van der Waals surface area contributed by atoms with E-state index in [9.17, 15) is 17.6 Å². The first-order valence-corrected chi connectivity index (χ1v) is 5.48. The fraction of sp³-hybridized carbons (Fsp3) is 0.500. The number of hydrogen-bond acceptors (Lipinski definition) is 1. The maximum atomic E-state index is 12.9. The highest BCUT2D eigenvalue weighted by Crippen LogP contribution is 2.35. The summed E-state index contributed by atoms with van der Waals surface area (Å²) in [4.78, 5) is 0. The lowest BCUT2D eigenvalue weighted by Crippen LogP contribution is -2.17. The van der Waals surface area contributed by atoms with E-state index in [1.165, 1.54) is 0 Å². The van der Waals surface area contributed by atoms with Crippen LogP contribution in [0.2, 0.25) is 0 Å². The molecule has 104 valence electrons. The molecule has 0 bridgehead atoms. The molecular weight excluding hydrogens is 270 g/mol. The molecule has 1 nitrogen and oxygen atoms in total. The summed E-state index contributed by atoms with van der Waals surface area (Å²) in [5.74, 6) is -0.899. The fourth-order valence-electron chi connectivity index (χ4n) is 1.68. The van der Waals surface area contributed by atoms with Crippen LogP contribution in [0.5, 0.6) is 0 Å². The van der Waals surface area contributed by atoms with Gasteiger partial charge >= 0.3 is 6.18 Å². The lowest BCUT2D eigenvalue weighted by Gasteiger charge is -2.18. The zero-order chi connectivity index (χ0) is 13.1. The lowest BCUT2D eigenvalue weighted by molar-refractivity contribution is -0.138. The lowest BCUT2D eigenvalue weighted by atomic mass is 9.96. The van der Waals surface area contributed by atoms with Gasteiger partial charge in [-0.3, -0.25) is 0 Å². The summed E-state index contributed by atoms with van der Waals surface area (Å²) in [6.07, 6.45) is -2.50. The Bertz CT molecular complexity index is 379. The van der Waals surface area contributed by atoms with E-state index in [0.717, 1.165) is 25.0 Å². The maximum absolute atomic E-state index is 12.9. The smallest absolute Gasteiger partial charge is 0.324 e. The van der Waals surface area contributed by atoms with E-state index in [1.807, 2.05) is 6.92 Å². The van der Waals surface area contributed by atoms with Gasteiger partial charge in [0.2, 0.25) is 0 Å². The highest BCUT2D eigenvalue weighted by Gasteiger charge is 2.34. The average molecular weight is 286 g/mol. The van der Waals surface area contributed by atoms with Gasteiger partial charge in [-0.25, -0.2) is 4.39 Å². The van der Waals surface area contributed by atoms with Crippen LogP contribution in [0.15, 0.2) is 18.2 Å². The van der Waals surface area contributed by atoms with E-state index in [1.54, 1.807) is 0 Å². The summed E-state index contributed by atoms with van der Waals surface area (Å²) in [6, 6.07) is 1.93. The Hall–Kier alpha value is -0.810. The molecule has 0 heterocycles. The van der Waals surface area contributed by atoms with Crippen molar-refractivity contribution in [3.63, 3.8) is 0 Å². The van der Waals surface area contributed by atoms with Gasteiger partial charge in [0.25, 0.3) is 0 Å². The third-order valence-corrected chi connectivity index (χ3v) is 2.59. The molecule has 0 spiro atoms. The second kappa shape index (κ2) is 6.95. The standard InChI is InChI=1S/C12H15F4N.ClH/c1-2-3-4-11(17)9-6-5-8(13)7-10(9)12(14,15)16;/h5-7,11H,2-4,17H2,1H3;1H/t11-;/m1./s1. The minimum atomic E-state index is -4.57. The maximum Gasteiger partial charge on any atom is 0.416 e. The van der Waals surface area contributed by atoms with Crippen LogP contribution in [-0.2, 0) is 6.18 Å². The molecule has 0 aliphatic rings. The van der Waals surface area contributed by atoms with Crippen LogP contribution in [0.25, 0.3) is 0 Å². The SMILES string of the molecule is CCCC[C@@H](N)c1ccc(F)cc1C(F)(F)F.Cl. The van der Waals surface area contributed by atoms with Gasteiger partial charge in [0, 0.05) is 6.04 Å². The molecule has 1 aromatic rings. The minimum absolute atomic E-state index is 0. The molecule has 0 unspecified atom stereocenters. The monoisotopic (exact) mass is 285 g/mol. The Morgan fingerprint density at radius 1 is 1.28 bits per heavy atom. The molecule has 18 heavy (non-hydrogen) atoms. The van der Waals surface area contributed by atoms with E-state index in [2.05, 4.69) is 0 Å². The number of nitrogens with two attached hydrogens (primary N) is 1. The first kappa shape index (κ1) is 17.2. The third-order valence-electron chi connectivity index (χ3n) is 2.59. The molecule has 0 fully saturated rings. The summed E-state index contributed by atoms with van der Waals surface area (Å²) in [7, 11) is 0. The van der Waals surface area contributed by atoms with Gasteiger partial charge in [-0.2, -0.15) is 13.2 Å². The van der Waals surface area contributed by atoms with Gasteiger partial charge in [0.1, 0.15) is 5.82 Å². The second-order valence-electron chi connectivity index (χ2n) is 3.98. The normalized spacial score (nSPS) is 13.0. The van der Waals surface area contributed by atoms with Gasteiger partial charge in [-0.05, 0) is 24.1 Å². The molecule has 6 heteroatoms. The van der Waals surface area contributed by atoms with Crippen LogP contribution in [-0.4, -0.2) is 0 Å². The highest BCUT2D eigenvalue weighted by atomic mass is 35.5. The summed E-state index contributed by atoms with van der Waals surface area (Å²) in [6.45, 7) is 1.93. The molecule has 0 aliphatic heterocycles. The van der Waals surface area contributed by atoms with Gasteiger partial charge in [-0.15, -0.1) is 12.4 Å². The van der Waals surface area contributed by atoms with Crippen LogP contribution >= 0.6 is 12.4 Å². The quantitative estimate of drug-likeness (QED) is 0.812. The molecule has 0 amide bonds. The van der Waals surface area contributed by atoms with Crippen molar-refractivity contribution in [1.29, 1.82) is 0 Å². The third kappa shape index (κ3) is 4.46. The summed E-state index contributed by atoms with van der Waals surface area (Å²) in [5.41, 5.74) is 4.70. The largest absolute Gasteiger partial charge is 0.416 e. The number of halogens is 5. The van der Waals surface area contributed by atoms with Gasteiger partial charge < -0.3 is 5.73 Å². The van der Waals surface area contributed by atoms with Crippen LogP contribution in [0.1, 0.15) is 43.4 Å². The predicted molar refractivity (Wildman–Crippen MR) is 65.1 cm³/mol. The Balaban J connectivity index is 0.00000289. The van der Waals surface area contributed by atoms with E-state index < -0.39 is 23.6 Å². The van der Waals surface area contributed by atoms with Crippen molar-refractivity contribution in [2.24, 2.45) is 5.73 Å². The van der Waals surface area contributed by atoms with Crippen LogP contribution in [0, 0.1) is 5.82 Å². The zero-order valence-electron chi connectivity index (χ0n) is 9.93. The number of hydrogen-bond donors (Lipinski definition) is 1. The van der Waals surface area contributed by atoms with Crippen LogP contribution < -0.4 is 5.73 Å². The Labute approximate surface area is 110 Å². The minimum Gasteiger partial charge on any atom is -0.324 e. The van der Waals surface area contributed by atoms with Gasteiger partial charge in [0.15, 0.2) is 0 Å². The fourth-order valence-corrected chi connectivity index (χ4v) is 1.68. The van der Waals surface area contributed by atoms with Crippen molar-refractivity contribution in [2.75, 3.05) is 0 Å². The molecule has 0 saturated heterocycles. The first-order valence-electron chi connectivity index (χ1n) is 5.48. The van der Waals surface area contributed by atoms with Crippen molar-refractivity contribution >= 4 is 12.4 Å². The van der Waals surface area contributed by atoms with E-state index in [-0.39, 0.29) is 18.0 Å². The average Bonchev–Trinajstić information content (AvgIpc) is 2.24. The van der Waals surface area contributed by atoms with E-state index in [0.29, 0.717) is 12.5 Å². The molecule has 0 aromatic heterocycles. The number of unbranched alkanes of at least 4 members (excludes halogenated alkanes) is 1. The van der Waals surface area contributed by atoms with Crippen LogP contribution in [0.4, 0.5) is 17.6 Å². The molecule has 1 aromatic carbocycles. The molecule has 1 rings (SSSR count). The van der Waals surface area contributed by atoms with Gasteiger partial charge in [-0.1, -0.05) is 25.8 Å². The van der Waals surface area contributed by atoms with Crippen molar-refractivity contribution in [3.8, 4) is 0 Å². The Kier molecular flexibility index (Phi) is 6.63. The predicted octanol–water partition coefficient (Wildman–Crippen LogP) is 4.46. The molecule has 1 atom stereocenters. The number of benzene rings is 1. The first-order chi connectivity index (χ1) is 7.86. The number of rotatable bonds is 4. The summed E-state index contributed by atoms with van der Waals surface area (Å²) >= 11 is 0. The van der Waals surface area contributed by atoms with Crippen molar-refractivity contribution in [3.05, 3.63) is 35.1 Å². The van der Waals surface area contributed by atoms with E-state index in [4.69, 9.17) is 5.73 Å². The topological polar surface area (TPSA) is 26.0 Å². The second-order valence-corrected chi connectivity index (χ2v) is 3.98. The molecule has 0 aliphatic carbocycles. The molecule has 0 saturated carbocycles. The summed E-state index contributed by atoms with van der Waals surface area (Å²) in [5, 5.41) is 0. The highest BCUT2D eigenvalue weighted by molar-refractivity contribution is 5.85. The Morgan fingerprint density at radius 3 is 2.39 bits per heavy atom. The Morgan fingerprint density at radius 2 is 1.89 bits per heavy atom. The van der Waals surface area contributed by atoms with Crippen molar-refractivity contribution < 1.29 is 17.6 Å². The zero-order valence-corrected chi connectivity index (χ0v) is 10.7. The van der Waals surface area contributed by atoms with Crippen LogP contribution in [0.3, 0.4) is 0 Å². The van der Waals surface area contributed by atoms with E-state index >= 15 is 0 Å². The van der Waals surface area contributed by atoms with Crippen molar-refractivity contribution in [1.82, 2.24) is 0 Å². The molecule has 2 N–H and O–H groups in total. The number of alkyl halides is 3.